The Kier molecular flexibility index (Phi) is 9.10. The normalized spacial score (nSPS) is 15.0. The highest BCUT2D eigenvalue weighted by atomic mass is 32.1. The first-order chi connectivity index (χ1) is 19.2. The van der Waals surface area contributed by atoms with Crippen LogP contribution in [0.4, 0.5) is 17.1 Å². The maximum atomic E-state index is 13.6. The van der Waals surface area contributed by atoms with Crippen molar-refractivity contribution in [2.45, 2.75) is 52.6 Å². The second kappa shape index (κ2) is 12.7. The highest BCUT2D eigenvalue weighted by molar-refractivity contribution is 7.80. The summed E-state index contributed by atoms with van der Waals surface area (Å²) >= 11 is 5.72. The van der Waals surface area contributed by atoms with Gasteiger partial charge in [-0.05, 0) is 75.3 Å². The van der Waals surface area contributed by atoms with Crippen LogP contribution >= 0.6 is 12.2 Å². The van der Waals surface area contributed by atoms with E-state index in [0.29, 0.717) is 59.7 Å². The van der Waals surface area contributed by atoms with E-state index in [1.165, 1.54) is 4.90 Å². The molecule has 1 N–H and O–H groups in total. The molecule has 0 spiro atoms. The molecule has 0 saturated carbocycles. The molecule has 0 aliphatic carbocycles. The van der Waals surface area contributed by atoms with Crippen molar-refractivity contribution >= 4 is 46.2 Å². The number of carbonyl (C=O) groups excluding carboxylic acids is 2. The number of benzene rings is 2. The number of nitrogens with zero attached hydrogens (tertiary/aromatic N) is 5. The quantitative estimate of drug-likeness (QED) is 0.192. The summed E-state index contributed by atoms with van der Waals surface area (Å²) in [5.74, 6) is 0.114. The predicted molar refractivity (Wildman–Crippen MR) is 155 cm³/mol. The minimum Gasteiger partial charge on any atom is -0.494 e. The SMILES string of the molecule is CCCOc1ccc(NC(=O)CC2C(=O)N(c3ccccc3)C(=S)N2CCCn2nc(C)c([N+](=O)[O-])c2C)cc1. The first-order valence-electron chi connectivity index (χ1n) is 13.1. The van der Waals surface area contributed by atoms with Crippen LogP contribution in [0.3, 0.4) is 0 Å². The Bertz CT molecular complexity index is 1390. The zero-order chi connectivity index (χ0) is 28.8. The molecular weight excluding hydrogens is 532 g/mol. The second-order valence-electron chi connectivity index (χ2n) is 9.48. The van der Waals surface area contributed by atoms with Gasteiger partial charge in [0.1, 0.15) is 23.2 Å². The first kappa shape index (κ1) is 28.7. The smallest absolute Gasteiger partial charge is 0.312 e. The van der Waals surface area contributed by atoms with E-state index >= 15 is 0 Å². The van der Waals surface area contributed by atoms with Crippen molar-refractivity contribution in [3.05, 3.63) is 76.1 Å². The van der Waals surface area contributed by atoms with Crippen LogP contribution in [0.1, 0.15) is 37.6 Å². The van der Waals surface area contributed by atoms with Gasteiger partial charge in [0.25, 0.3) is 5.91 Å². The lowest BCUT2D eigenvalue weighted by molar-refractivity contribution is -0.386. The molecule has 11 nitrogen and oxygen atoms in total. The Balaban J connectivity index is 1.48. The fraction of sp³-hybridized carbons (Fsp3) is 0.357. The zero-order valence-electron chi connectivity index (χ0n) is 22.7. The lowest BCUT2D eigenvalue weighted by Crippen LogP contribution is -2.38. The number of carbonyl (C=O) groups is 2. The van der Waals surface area contributed by atoms with E-state index in [4.69, 9.17) is 17.0 Å². The molecule has 2 aromatic carbocycles. The Labute approximate surface area is 237 Å². The highest BCUT2D eigenvalue weighted by Gasteiger charge is 2.43. The van der Waals surface area contributed by atoms with Gasteiger partial charge in [0, 0.05) is 18.8 Å². The van der Waals surface area contributed by atoms with Crippen LogP contribution in [0.15, 0.2) is 54.6 Å². The molecule has 40 heavy (non-hydrogen) atoms. The Morgan fingerprint density at radius 3 is 2.45 bits per heavy atom. The van der Waals surface area contributed by atoms with Crippen LogP contribution in [0.5, 0.6) is 5.75 Å². The number of amides is 2. The number of hydrogen-bond donors (Lipinski definition) is 1. The number of aromatic nitrogens is 2. The van der Waals surface area contributed by atoms with E-state index < -0.39 is 11.0 Å². The summed E-state index contributed by atoms with van der Waals surface area (Å²) in [7, 11) is 0. The van der Waals surface area contributed by atoms with Crippen molar-refractivity contribution in [3.8, 4) is 5.75 Å². The van der Waals surface area contributed by atoms with Crippen LogP contribution in [0.25, 0.3) is 0 Å². The predicted octanol–water partition coefficient (Wildman–Crippen LogP) is 4.62. The van der Waals surface area contributed by atoms with Gasteiger partial charge < -0.3 is 15.0 Å². The molecule has 2 heterocycles. The van der Waals surface area contributed by atoms with Gasteiger partial charge in [-0.25, -0.2) is 0 Å². The fourth-order valence-corrected chi connectivity index (χ4v) is 5.12. The summed E-state index contributed by atoms with van der Waals surface area (Å²) in [6.07, 6.45) is 1.31. The number of nitrogens with one attached hydrogen (secondary N) is 1. The molecular formula is C28H32N6O5S. The molecule has 1 aliphatic rings. The van der Waals surface area contributed by atoms with E-state index in [0.717, 1.165) is 6.42 Å². The molecule has 3 aromatic rings. The van der Waals surface area contributed by atoms with Crippen molar-refractivity contribution in [2.75, 3.05) is 23.4 Å². The van der Waals surface area contributed by atoms with Gasteiger partial charge in [0.2, 0.25) is 5.91 Å². The fourth-order valence-electron chi connectivity index (χ4n) is 4.70. The molecule has 0 radical (unpaired) electrons. The van der Waals surface area contributed by atoms with Gasteiger partial charge >= 0.3 is 5.69 Å². The van der Waals surface area contributed by atoms with E-state index in [1.807, 2.05) is 25.1 Å². The van der Waals surface area contributed by atoms with E-state index in [9.17, 15) is 19.7 Å². The van der Waals surface area contributed by atoms with Crippen LogP contribution < -0.4 is 15.0 Å². The van der Waals surface area contributed by atoms with Gasteiger partial charge in [-0.1, -0.05) is 25.1 Å². The molecule has 0 bridgehead atoms. The zero-order valence-corrected chi connectivity index (χ0v) is 23.5. The lowest BCUT2D eigenvalue weighted by atomic mass is 10.1. The van der Waals surface area contributed by atoms with Crippen molar-refractivity contribution < 1.29 is 19.2 Å². The number of para-hydroxylation sites is 1. The third kappa shape index (κ3) is 6.28. The number of nitro groups is 1. The summed E-state index contributed by atoms with van der Waals surface area (Å²) in [6, 6.07) is 15.4. The summed E-state index contributed by atoms with van der Waals surface area (Å²) in [4.78, 5) is 40.8. The number of rotatable bonds is 12. The molecule has 2 amide bonds. The minimum absolute atomic E-state index is 0.00151. The Hall–Kier alpha value is -4.32. The van der Waals surface area contributed by atoms with Crippen LogP contribution in [-0.2, 0) is 16.1 Å². The van der Waals surface area contributed by atoms with Gasteiger partial charge in [-0.3, -0.25) is 29.3 Å². The largest absolute Gasteiger partial charge is 0.494 e. The maximum absolute atomic E-state index is 13.6. The lowest BCUT2D eigenvalue weighted by Gasteiger charge is -2.24. The topological polar surface area (TPSA) is 123 Å². The standard InChI is InChI=1S/C28H32N6O5S/c1-4-17-39-23-13-11-21(12-14-23)29-25(35)18-24-27(36)33(22-9-6-5-7-10-22)28(40)31(24)15-8-16-32-20(3)26(34(37)38)19(2)30-32/h5-7,9-14,24H,4,8,15-18H2,1-3H3,(H,29,35). The van der Waals surface area contributed by atoms with Crippen LogP contribution in [0, 0.1) is 24.0 Å². The number of anilines is 2. The third-order valence-corrected chi connectivity index (χ3v) is 7.03. The number of aryl methyl sites for hydroxylation is 2. The molecule has 210 valence electrons. The van der Waals surface area contributed by atoms with E-state index in [2.05, 4.69) is 10.4 Å². The van der Waals surface area contributed by atoms with Crippen molar-refractivity contribution in [3.63, 3.8) is 0 Å². The summed E-state index contributed by atoms with van der Waals surface area (Å²) in [6.45, 7) is 6.66. The summed E-state index contributed by atoms with van der Waals surface area (Å²) in [5.41, 5.74) is 2.04. The van der Waals surface area contributed by atoms with Crippen LogP contribution in [-0.4, -0.2) is 55.7 Å². The number of hydrogen-bond acceptors (Lipinski definition) is 7. The van der Waals surface area contributed by atoms with Crippen molar-refractivity contribution in [1.82, 2.24) is 14.7 Å². The molecule has 1 fully saturated rings. The molecule has 1 atom stereocenters. The summed E-state index contributed by atoms with van der Waals surface area (Å²) < 4.78 is 7.19. The van der Waals surface area contributed by atoms with Gasteiger partial charge in [-0.2, -0.15) is 5.10 Å². The molecule has 1 unspecified atom stereocenters. The molecule has 1 aromatic heterocycles. The van der Waals surface area contributed by atoms with Crippen molar-refractivity contribution in [1.29, 1.82) is 0 Å². The van der Waals surface area contributed by atoms with Gasteiger partial charge in [0.15, 0.2) is 5.11 Å². The molecule has 4 rings (SSSR count). The monoisotopic (exact) mass is 564 g/mol. The second-order valence-corrected chi connectivity index (χ2v) is 9.84. The third-order valence-electron chi connectivity index (χ3n) is 6.62. The van der Waals surface area contributed by atoms with Crippen LogP contribution in [0.2, 0.25) is 0 Å². The van der Waals surface area contributed by atoms with E-state index in [-0.39, 0.29) is 23.9 Å². The Morgan fingerprint density at radius 2 is 1.82 bits per heavy atom. The molecule has 1 saturated heterocycles. The van der Waals surface area contributed by atoms with Gasteiger partial charge in [-0.15, -0.1) is 0 Å². The number of thiocarbonyl (C=S) groups is 1. The maximum Gasteiger partial charge on any atom is 0.312 e. The van der Waals surface area contributed by atoms with Crippen molar-refractivity contribution in [2.24, 2.45) is 0 Å². The number of ether oxygens (including phenoxy) is 1. The van der Waals surface area contributed by atoms with Gasteiger partial charge in [0.05, 0.1) is 23.6 Å². The average molecular weight is 565 g/mol. The summed E-state index contributed by atoms with van der Waals surface area (Å²) in [5, 5.41) is 18.8. The molecule has 12 heteroatoms. The van der Waals surface area contributed by atoms with E-state index in [1.54, 1.807) is 59.8 Å². The average Bonchev–Trinajstić information content (AvgIpc) is 3.34. The highest BCUT2D eigenvalue weighted by Crippen LogP contribution is 2.28. The Morgan fingerprint density at radius 1 is 1.12 bits per heavy atom. The minimum atomic E-state index is -0.797. The first-order valence-corrected chi connectivity index (χ1v) is 13.5. The molecule has 1 aliphatic heterocycles.